The summed E-state index contributed by atoms with van der Waals surface area (Å²) in [5, 5.41) is 24.8. The van der Waals surface area contributed by atoms with Crippen molar-refractivity contribution in [1.82, 2.24) is 0 Å². The SMILES string of the molecule is N#Cc1c(N2CCCC2)sc(C(=O)c2ccccc2)c1Nc1ccc([N+](=O)[O-])cc1. The predicted octanol–water partition coefficient (Wildman–Crippen LogP) is 5.10. The van der Waals surface area contributed by atoms with Crippen LogP contribution in [0.1, 0.15) is 33.6 Å². The minimum atomic E-state index is -0.467. The number of nitriles is 1. The van der Waals surface area contributed by atoms with Crippen molar-refractivity contribution in [3.63, 3.8) is 0 Å². The Morgan fingerprint density at radius 2 is 1.77 bits per heavy atom. The molecule has 2 aromatic carbocycles. The van der Waals surface area contributed by atoms with Crippen molar-refractivity contribution in [3.05, 3.63) is 80.7 Å². The number of hydrogen-bond acceptors (Lipinski definition) is 7. The van der Waals surface area contributed by atoms with E-state index in [2.05, 4.69) is 16.3 Å². The topological polar surface area (TPSA) is 99.3 Å². The molecule has 1 aliphatic heterocycles. The maximum atomic E-state index is 13.3. The second-order valence-corrected chi connectivity index (χ2v) is 7.92. The number of nitro benzene ring substituents is 1. The Morgan fingerprint density at radius 3 is 2.37 bits per heavy atom. The van der Waals surface area contributed by atoms with Gasteiger partial charge < -0.3 is 10.2 Å². The summed E-state index contributed by atoms with van der Waals surface area (Å²) in [5.41, 5.74) is 1.98. The first-order valence-electron chi connectivity index (χ1n) is 9.51. The van der Waals surface area contributed by atoms with Crippen LogP contribution < -0.4 is 10.2 Å². The van der Waals surface area contributed by atoms with Crippen LogP contribution in [0, 0.1) is 21.4 Å². The number of benzene rings is 2. The molecule has 0 spiro atoms. The minimum absolute atomic E-state index is 0.0234. The van der Waals surface area contributed by atoms with Crippen LogP contribution in [-0.4, -0.2) is 23.8 Å². The molecule has 1 aliphatic rings. The Labute approximate surface area is 177 Å². The number of rotatable bonds is 6. The highest BCUT2D eigenvalue weighted by Crippen LogP contribution is 2.43. The number of nitrogens with zero attached hydrogens (tertiary/aromatic N) is 3. The van der Waals surface area contributed by atoms with Crippen LogP contribution in [0.5, 0.6) is 0 Å². The van der Waals surface area contributed by atoms with Crippen molar-refractivity contribution in [1.29, 1.82) is 5.26 Å². The number of anilines is 3. The average molecular weight is 418 g/mol. The van der Waals surface area contributed by atoms with E-state index in [9.17, 15) is 20.2 Å². The summed E-state index contributed by atoms with van der Waals surface area (Å²) in [7, 11) is 0. The van der Waals surface area contributed by atoms with Gasteiger partial charge in [-0.05, 0) is 25.0 Å². The van der Waals surface area contributed by atoms with Crippen LogP contribution in [0.2, 0.25) is 0 Å². The lowest BCUT2D eigenvalue weighted by atomic mass is 10.1. The number of nitro groups is 1. The van der Waals surface area contributed by atoms with E-state index >= 15 is 0 Å². The first kappa shape index (κ1) is 19.6. The largest absolute Gasteiger partial charge is 0.362 e. The van der Waals surface area contributed by atoms with E-state index < -0.39 is 4.92 Å². The van der Waals surface area contributed by atoms with Crippen molar-refractivity contribution < 1.29 is 9.72 Å². The molecule has 1 aromatic heterocycles. The van der Waals surface area contributed by atoms with E-state index in [0.29, 0.717) is 27.4 Å². The molecular formula is C22H18N4O3S. The third kappa shape index (κ3) is 3.75. The molecule has 30 heavy (non-hydrogen) atoms. The normalized spacial score (nSPS) is 13.1. The van der Waals surface area contributed by atoms with E-state index in [1.807, 2.05) is 6.07 Å². The third-order valence-corrected chi connectivity index (χ3v) is 6.23. The standard InChI is InChI=1S/C22H18N4O3S/c23-14-18-19(24-16-8-10-17(11-9-16)26(28)29)21(20(27)15-6-2-1-3-7-15)30-22(18)25-12-4-5-13-25/h1-3,6-11,24H,4-5,12-13H2. The predicted molar refractivity (Wildman–Crippen MR) is 117 cm³/mol. The molecule has 3 aromatic rings. The van der Waals surface area contributed by atoms with Crippen molar-refractivity contribution in [3.8, 4) is 6.07 Å². The number of thiophene rings is 1. The minimum Gasteiger partial charge on any atom is -0.362 e. The van der Waals surface area contributed by atoms with Gasteiger partial charge in [-0.15, -0.1) is 11.3 Å². The van der Waals surface area contributed by atoms with Gasteiger partial charge in [-0.1, -0.05) is 30.3 Å². The van der Waals surface area contributed by atoms with Crippen molar-refractivity contribution in [2.75, 3.05) is 23.3 Å². The highest BCUT2D eigenvalue weighted by atomic mass is 32.1. The van der Waals surface area contributed by atoms with Crippen LogP contribution in [0.3, 0.4) is 0 Å². The maximum Gasteiger partial charge on any atom is 0.269 e. The summed E-state index contributed by atoms with van der Waals surface area (Å²) in [5.74, 6) is -0.160. The van der Waals surface area contributed by atoms with Crippen LogP contribution in [0.4, 0.5) is 22.1 Å². The molecule has 8 heteroatoms. The fourth-order valence-corrected chi connectivity index (χ4v) is 4.70. The van der Waals surface area contributed by atoms with E-state index in [0.717, 1.165) is 30.9 Å². The molecule has 1 fully saturated rings. The van der Waals surface area contributed by atoms with E-state index in [1.54, 1.807) is 36.4 Å². The molecule has 2 heterocycles. The molecule has 0 amide bonds. The first-order chi connectivity index (χ1) is 14.6. The number of ketones is 1. The number of carbonyl (C=O) groups is 1. The lowest BCUT2D eigenvalue weighted by molar-refractivity contribution is -0.384. The zero-order chi connectivity index (χ0) is 21.1. The molecule has 0 saturated carbocycles. The molecule has 0 atom stereocenters. The van der Waals surface area contributed by atoms with Crippen molar-refractivity contribution >= 4 is 39.2 Å². The highest BCUT2D eigenvalue weighted by molar-refractivity contribution is 7.19. The quantitative estimate of drug-likeness (QED) is 0.339. The van der Waals surface area contributed by atoms with Crippen LogP contribution in [0.25, 0.3) is 0 Å². The third-order valence-electron chi connectivity index (χ3n) is 4.98. The second-order valence-electron chi connectivity index (χ2n) is 6.92. The van der Waals surface area contributed by atoms with Gasteiger partial charge in [-0.25, -0.2) is 0 Å². The maximum absolute atomic E-state index is 13.3. The van der Waals surface area contributed by atoms with Gasteiger partial charge in [0.05, 0.1) is 10.6 Å². The van der Waals surface area contributed by atoms with E-state index in [4.69, 9.17) is 0 Å². The average Bonchev–Trinajstić information content (AvgIpc) is 3.42. The Kier molecular flexibility index (Phi) is 5.46. The lowest BCUT2D eigenvalue weighted by Gasteiger charge is -2.15. The summed E-state index contributed by atoms with van der Waals surface area (Å²) in [6.07, 6.45) is 2.10. The van der Waals surface area contributed by atoms with E-state index in [-0.39, 0.29) is 11.5 Å². The highest BCUT2D eigenvalue weighted by Gasteiger charge is 2.28. The fourth-order valence-electron chi connectivity index (χ4n) is 3.48. The summed E-state index contributed by atoms with van der Waals surface area (Å²) >= 11 is 1.32. The zero-order valence-corrected chi connectivity index (χ0v) is 16.8. The molecular weight excluding hydrogens is 400 g/mol. The van der Waals surface area contributed by atoms with Crippen LogP contribution >= 0.6 is 11.3 Å². The van der Waals surface area contributed by atoms with Gasteiger partial charge in [-0.2, -0.15) is 5.26 Å². The molecule has 4 rings (SSSR count). The lowest BCUT2D eigenvalue weighted by Crippen LogP contribution is -2.17. The number of non-ortho nitro benzene ring substituents is 1. The molecule has 1 saturated heterocycles. The number of carbonyl (C=O) groups excluding carboxylic acids is 1. The van der Waals surface area contributed by atoms with Gasteiger partial charge in [0.25, 0.3) is 5.69 Å². The Bertz CT molecular complexity index is 1130. The fraction of sp³-hybridized carbons (Fsp3) is 0.182. The zero-order valence-electron chi connectivity index (χ0n) is 16.0. The van der Waals surface area contributed by atoms with Crippen LogP contribution in [-0.2, 0) is 0 Å². The van der Waals surface area contributed by atoms with Gasteiger partial charge >= 0.3 is 0 Å². The summed E-state index contributed by atoms with van der Waals surface area (Å²) in [6.45, 7) is 1.70. The molecule has 0 aliphatic carbocycles. The van der Waals surface area contributed by atoms with Crippen LogP contribution in [0.15, 0.2) is 54.6 Å². The number of nitrogens with one attached hydrogen (secondary N) is 1. The van der Waals surface area contributed by atoms with E-state index in [1.165, 1.54) is 23.5 Å². The smallest absolute Gasteiger partial charge is 0.269 e. The Morgan fingerprint density at radius 1 is 1.10 bits per heavy atom. The van der Waals surface area contributed by atoms with Gasteiger partial charge in [0.2, 0.25) is 5.78 Å². The van der Waals surface area contributed by atoms with Crippen molar-refractivity contribution in [2.45, 2.75) is 12.8 Å². The van der Waals surface area contributed by atoms with Gasteiger partial charge in [0.1, 0.15) is 21.5 Å². The summed E-state index contributed by atoms with van der Waals surface area (Å²) in [4.78, 5) is 26.3. The van der Waals surface area contributed by atoms with Gasteiger partial charge in [-0.3, -0.25) is 14.9 Å². The monoisotopic (exact) mass is 418 g/mol. The number of hydrogen-bond donors (Lipinski definition) is 1. The Balaban J connectivity index is 1.79. The molecule has 7 nitrogen and oxygen atoms in total. The van der Waals surface area contributed by atoms with Crippen molar-refractivity contribution in [2.24, 2.45) is 0 Å². The summed E-state index contributed by atoms with van der Waals surface area (Å²) in [6, 6.07) is 17.1. The van der Waals surface area contributed by atoms with Gasteiger partial charge in [0, 0.05) is 36.5 Å². The summed E-state index contributed by atoms with van der Waals surface area (Å²) < 4.78 is 0. The second kappa shape index (κ2) is 8.35. The molecule has 0 unspecified atom stereocenters. The Hall–Kier alpha value is -3.70. The molecule has 0 radical (unpaired) electrons. The molecule has 1 N–H and O–H groups in total. The first-order valence-corrected chi connectivity index (χ1v) is 10.3. The van der Waals surface area contributed by atoms with Gasteiger partial charge in [0.15, 0.2) is 0 Å². The molecule has 0 bridgehead atoms. The molecule has 150 valence electrons.